The lowest BCUT2D eigenvalue weighted by Gasteiger charge is -2.37. The molecule has 1 fully saturated rings. The Bertz CT molecular complexity index is 233. The molecule has 0 saturated carbocycles. The molecular formula is C13H26N2O2. The van der Waals surface area contributed by atoms with Crippen LogP contribution in [-0.4, -0.2) is 48.2 Å². The maximum atomic E-state index is 10.6. The Labute approximate surface area is 104 Å². The number of likely N-dealkylation sites (tertiary alicyclic amines) is 1. The molecule has 0 bridgehead atoms. The highest BCUT2D eigenvalue weighted by atomic mass is 16.4. The molecule has 17 heavy (non-hydrogen) atoms. The van der Waals surface area contributed by atoms with Crippen LogP contribution in [0.3, 0.4) is 0 Å². The van der Waals surface area contributed by atoms with Crippen molar-refractivity contribution in [2.24, 2.45) is 5.92 Å². The summed E-state index contributed by atoms with van der Waals surface area (Å²) in [6, 6.07) is 0.544. The Kier molecular flexibility index (Phi) is 6.52. The van der Waals surface area contributed by atoms with Crippen LogP contribution in [0.25, 0.3) is 0 Å². The van der Waals surface area contributed by atoms with E-state index in [4.69, 9.17) is 5.11 Å². The minimum atomic E-state index is -0.693. The summed E-state index contributed by atoms with van der Waals surface area (Å²) in [5, 5.41) is 12.3. The lowest BCUT2D eigenvalue weighted by atomic mass is 9.92. The van der Waals surface area contributed by atoms with Crippen molar-refractivity contribution in [2.45, 2.75) is 45.6 Å². The third-order valence-corrected chi connectivity index (χ3v) is 3.52. The van der Waals surface area contributed by atoms with Crippen molar-refractivity contribution >= 4 is 5.97 Å². The van der Waals surface area contributed by atoms with E-state index in [1.807, 2.05) is 0 Å². The quantitative estimate of drug-likeness (QED) is 0.711. The highest BCUT2D eigenvalue weighted by Gasteiger charge is 2.25. The Balaban J connectivity index is 2.39. The Morgan fingerprint density at radius 2 is 2.18 bits per heavy atom. The summed E-state index contributed by atoms with van der Waals surface area (Å²) in [6.45, 7) is 8.22. The molecular weight excluding hydrogens is 216 g/mol. The summed E-state index contributed by atoms with van der Waals surface area (Å²) in [5.41, 5.74) is 0. The molecule has 2 N–H and O–H groups in total. The second kappa shape index (κ2) is 7.67. The van der Waals surface area contributed by atoms with E-state index in [-0.39, 0.29) is 6.42 Å². The van der Waals surface area contributed by atoms with Crippen molar-refractivity contribution < 1.29 is 9.90 Å². The Morgan fingerprint density at radius 3 is 2.76 bits per heavy atom. The third-order valence-electron chi connectivity index (χ3n) is 3.52. The van der Waals surface area contributed by atoms with E-state index in [0.29, 0.717) is 18.5 Å². The van der Waals surface area contributed by atoms with Crippen molar-refractivity contribution in [3.63, 3.8) is 0 Å². The number of piperidine rings is 1. The predicted molar refractivity (Wildman–Crippen MR) is 69.2 cm³/mol. The van der Waals surface area contributed by atoms with Gasteiger partial charge in [-0.25, -0.2) is 0 Å². The zero-order valence-corrected chi connectivity index (χ0v) is 11.1. The summed E-state index contributed by atoms with van der Waals surface area (Å²) in [6.07, 6.45) is 3.84. The van der Waals surface area contributed by atoms with Crippen molar-refractivity contribution in [3.8, 4) is 0 Å². The molecule has 100 valence electrons. The van der Waals surface area contributed by atoms with Gasteiger partial charge in [-0.2, -0.15) is 0 Å². The molecule has 0 aromatic carbocycles. The van der Waals surface area contributed by atoms with Gasteiger partial charge in [0.15, 0.2) is 0 Å². The first-order valence-electron chi connectivity index (χ1n) is 6.83. The lowest BCUT2D eigenvalue weighted by Crippen LogP contribution is -2.49. The molecule has 1 aliphatic heterocycles. The molecule has 1 aliphatic rings. The molecule has 1 heterocycles. The van der Waals surface area contributed by atoms with Gasteiger partial charge in [-0.05, 0) is 25.3 Å². The first-order valence-corrected chi connectivity index (χ1v) is 6.83. The van der Waals surface area contributed by atoms with Gasteiger partial charge in [-0.3, -0.25) is 4.79 Å². The molecule has 2 unspecified atom stereocenters. The van der Waals surface area contributed by atoms with Crippen LogP contribution < -0.4 is 5.32 Å². The average molecular weight is 242 g/mol. The largest absolute Gasteiger partial charge is 0.481 e. The molecule has 0 aliphatic carbocycles. The van der Waals surface area contributed by atoms with Gasteiger partial charge < -0.3 is 15.3 Å². The first kappa shape index (κ1) is 14.5. The Morgan fingerprint density at radius 1 is 1.41 bits per heavy atom. The van der Waals surface area contributed by atoms with Gasteiger partial charge in [0.2, 0.25) is 0 Å². The number of nitrogens with one attached hydrogen (secondary N) is 1. The van der Waals surface area contributed by atoms with Crippen LogP contribution in [0.1, 0.15) is 39.5 Å². The van der Waals surface area contributed by atoms with Gasteiger partial charge in [0, 0.05) is 25.7 Å². The summed E-state index contributed by atoms with van der Waals surface area (Å²) in [4.78, 5) is 12.9. The summed E-state index contributed by atoms with van der Waals surface area (Å²) >= 11 is 0. The summed E-state index contributed by atoms with van der Waals surface area (Å²) in [7, 11) is 0. The van der Waals surface area contributed by atoms with E-state index in [1.54, 1.807) is 0 Å². The Hall–Kier alpha value is -0.610. The second-order valence-electron chi connectivity index (χ2n) is 5.06. The fourth-order valence-electron chi connectivity index (χ4n) is 2.53. The number of carboxylic acid groups (broad SMARTS) is 1. The van der Waals surface area contributed by atoms with Crippen LogP contribution in [0.15, 0.2) is 0 Å². The number of hydrogen-bond acceptors (Lipinski definition) is 3. The zero-order chi connectivity index (χ0) is 12.7. The van der Waals surface area contributed by atoms with Gasteiger partial charge in [-0.1, -0.05) is 20.3 Å². The number of carboxylic acids is 1. The molecule has 0 radical (unpaired) electrons. The van der Waals surface area contributed by atoms with Gasteiger partial charge in [0.1, 0.15) is 0 Å². The standard InChI is InChI=1S/C13H26N2O2/c1-3-6-14-12-8-11(4-2)9-15(10-12)7-5-13(16)17/h11-12,14H,3-10H2,1-2H3,(H,16,17). The van der Waals surface area contributed by atoms with Crippen LogP contribution in [0.4, 0.5) is 0 Å². The molecule has 1 rings (SSSR count). The highest BCUT2D eigenvalue weighted by molar-refractivity contribution is 5.66. The summed E-state index contributed by atoms with van der Waals surface area (Å²) in [5.74, 6) is 0.0218. The molecule has 4 nitrogen and oxygen atoms in total. The van der Waals surface area contributed by atoms with Crippen molar-refractivity contribution in [1.29, 1.82) is 0 Å². The van der Waals surface area contributed by atoms with Crippen molar-refractivity contribution in [3.05, 3.63) is 0 Å². The zero-order valence-electron chi connectivity index (χ0n) is 11.1. The molecule has 2 atom stereocenters. The van der Waals surface area contributed by atoms with Crippen molar-refractivity contribution in [1.82, 2.24) is 10.2 Å². The minimum absolute atomic E-state index is 0.261. The number of carbonyl (C=O) groups is 1. The van der Waals surface area contributed by atoms with Crippen LogP contribution in [0.5, 0.6) is 0 Å². The van der Waals surface area contributed by atoms with Gasteiger partial charge in [0.05, 0.1) is 6.42 Å². The average Bonchev–Trinajstić information content (AvgIpc) is 2.33. The topological polar surface area (TPSA) is 52.6 Å². The van der Waals surface area contributed by atoms with E-state index in [1.165, 1.54) is 12.8 Å². The van der Waals surface area contributed by atoms with Crippen LogP contribution >= 0.6 is 0 Å². The van der Waals surface area contributed by atoms with E-state index in [9.17, 15) is 4.79 Å². The van der Waals surface area contributed by atoms with Gasteiger partial charge in [-0.15, -0.1) is 0 Å². The molecule has 0 amide bonds. The van der Waals surface area contributed by atoms with Gasteiger partial charge in [0.25, 0.3) is 0 Å². The van der Waals surface area contributed by atoms with Crippen molar-refractivity contribution in [2.75, 3.05) is 26.2 Å². The SMILES string of the molecule is CCCNC1CC(CC)CN(CCC(=O)O)C1. The van der Waals surface area contributed by atoms with E-state index >= 15 is 0 Å². The molecule has 0 aromatic rings. The molecule has 4 heteroatoms. The van der Waals surface area contributed by atoms with E-state index in [0.717, 1.165) is 26.1 Å². The molecule has 0 aromatic heterocycles. The van der Waals surface area contributed by atoms with E-state index in [2.05, 4.69) is 24.1 Å². The van der Waals surface area contributed by atoms with Crippen LogP contribution in [0.2, 0.25) is 0 Å². The summed E-state index contributed by atoms with van der Waals surface area (Å²) < 4.78 is 0. The first-order chi connectivity index (χ1) is 8.15. The van der Waals surface area contributed by atoms with E-state index < -0.39 is 5.97 Å². The molecule has 1 saturated heterocycles. The van der Waals surface area contributed by atoms with Crippen LogP contribution in [0, 0.1) is 5.92 Å². The number of aliphatic carboxylic acids is 1. The van der Waals surface area contributed by atoms with Crippen LogP contribution in [-0.2, 0) is 4.79 Å². The number of nitrogens with zero attached hydrogens (tertiary/aromatic N) is 1. The fraction of sp³-hybridized carbons (Fsp3) is 0.923. The number of rotatable bonds is 7. The second-order valence-corrected chi connectivity index (χ2v) is 5.06. The maximum absolute atomic E-state index is 10.6. The molecule has 0 spiro atoms. The number of hydrogen-bond donors (Lipinski definition) is 2. The normalized spacial score (nSPS) is 26.0. The fourth-order valence-corrected chi connectivity index (χ4v) is 2.53. The minimum Gasteiger partial charge on any atom is -0.481 e. The predicted octanol–water partition coefficient (Wildman–Crippen LogP) is 1.56. The van der Waals surface area contributed by atoms with Gasteiger partial charge >= 0.3 is 5.97 Å². The third kappa shape index (κ3) is 5.50. The highest BCUT2D eigenvalue weighted by Crippen LogP contribution is 2.19. The lowest BCUT2D eigenvalue weighted by molar-refractivity contribution is -0.137. The maximum Gasteiger partial charge on any atom is 0.304 e. The smallest absolute Gasteiger partial charge is 0.304 e. The monoisotopic (exact) mass is 242 g/mol.